The molecule has 78 valence electrons. The number of aromatic nitrogens is 3. The van der Waals surface area contributed by atoms with Crippen molar-refractivity contribution in [2.24, 2.45) is 0 Å². The average molecular weight is 302 g/mol. The molecule has 2 aromatic heterocycles. The summed E-state index contributed by atoms with van der Waals surface area (Å²) in [5, 5.41) is 0.942. The number of rotatable bonds is 3. The molecule has 0 aromatic carbocycles. The summed E-state index contributed by atoms with van der Waals surface area (Å²) in [5.74, 6) is 0.902. The highest BCUT2D eigenvalue weighted by atomic mass is 79.9. The predicted octanol–water partition coefficient (Wildman–Crippen LogP) is 3.41. The number of nitrogens with zero attached hydrogens (tertiary/aromatic N) is 3. The molecule has 0 atom stereocenters. The average Bonchev–Trinajstić information content (AvgIpc) is 2.69. The van der Waals surface area contributed by atoms with Gasteiger partial charge in [-0.15, -0.1) is 0 Å². The molecule has 0 radical (unpaired) electrons. The largest absolute Gasteiger partial charge is 0.248 e. The number of hydrogen-bond acceptors (Lipinski definition) is 5. The lowest BCUT2D eigenvalue weighted by Crippen LogP contribution is -1.82. The molecule has 0 aliphatic heterocycles. The highest BCUT2D eigenvalue weighted by Gasteiger charge is 2.05. The SMILES string of the molecule is CCc1nsc(Sc2ccc(Br)cn2)n1. The summed E-state index contributed by atoms with van der Waals surface area (Å²) in [6.07, 6.45) is 2.66. The summed E-state index contributed by atoms with van der Waals surface area (Å²) in [7, 11) is 0. The van der Waals surface area contributed by atoms with Gasteiger partial charge in [0.25, 0.3) is 0 Å². The Morgan fingerprint density at radius 2 is 2.33 bits per heavy atom. The van der Waals surface area contributed by atoms with Crippen LogP contribution in [-0.4, -0.2) is 14.3 Å². The van der Waals surface area contributed by atoms with E-state index in [1.54, 1.807) is 18.0 Å². The van der Waals surface area contributed by atoms with Crippen molar-refractivity contribution in [3.8, 4) is 0 Å². The van der Waals surface area contributed by atoms with Gasteiger partial charge < -0.3 is 0 Å². The van der Waals surface area contributed by atoms with Gasteiger partial charge in [-0.25, -0.2) is 9.97 Å². The van der Waals surface area contributed by atoms with E-state index >= 15 is 0 Å². The van der Waals surface area contributed by atoms with Crippen molar-refractivity contribution in [1.29, 1.82) is 0 Å². The number of aryl methyl sites for hydroxylation is 1. The van der Waals surface area contributed by atoms with Gasteiger partial charge in [-0.05, 0) is 51.4 Å². The first-order valence-electron chi connectivity index (χ1n) is 4.40. The van der Waals surface area contributed by atoms with Crippen molar-refractivity contribution in [2.75, 3.05) is 0 Å². The van der Waals surface area contributed by atoms with Gasteiger partial charge in [0.1, 0.15) is 10.9 Å². The van der Waals surface area contributed by atoms with Crippen LogP contribution < -0.4 is 0 Å². The van der Waals surface area contributed by atoms with Crippen LogP contribution in [0.15, 0.2) is 32.2 Å². The fourth-order valence-electron chi connectivity index (χ4n) is 0.935. The normalized spacial score (nSPS) is 10.5. The van der Waals surface area contributed by atoms with E-state index in [1.807, 2.05) is 19.1 Å². The Balaban J connectivity index is 2.11. The second-order valence-corrected chi connectivity index (χ2v) is 5.68. The molecule has 2 aromatic rings. The molecule has 2 rings (SSSR count). The summed E-state index contributed by atoms with van der Waals surface area (Å²) in [5.41, 5.74) is 0. The number of hydrogen-bond donors (Lipinski definition) is 0. The van der Waals surface area contributed by atoms with Crippen molar-refractivity contribution in [3.05, 3.63) is 28.6 Å². The number of halogens is 1. The third-order valence-electron chi connectivity index (χ3n) is 1.66. The zero-order chi connectivity index (χ0) is 10.7. The molecule has 0 fully saturated rings. The third-order valence-corrected chi connectivity index (χ3v) is 3.87. The van der Waals surface area contributed by atoms with Crippen molar-refractivity contribution >= 4 is 39.2 Å². The zero-order valence-corrected chi connectivity index (χ0v) is 11.2. The molecule has 0 amide bonds. The molecule has 0 spiro atoms. The van der Waals surface area contributed by atoms with Crippen LogP contribution in [0.4, 0.5) is 0 Å². The first-order chi connectivity index (χ1) is 7.28. The highest BCUT2D eigenvalue weighted by molar-refractivity contribution is 9.10. The van der Waals surface area contributed by atoms with Gasteiger partial charge in [0.05, 0.1) is 0 Å². The Morgan fingerprint density at radius 3 is 2.93 bits per heavy atom. The van der Waals surface area contributed by atoms with Gasteiger partial charge in [-0.3, -0.25) is 0 Å². The van der Waals surface area contributed by atoms with E-state index in [2.05, 4.69) is 30.3 Å². The smallest absolute Gasteiger partial charge is 0.176 e. The van der Waals surface area contributed by atoms with Gasteiger partial charge in [0.2, 0.25) is 0 Å². The van der Waals surface area contributed by atoms with E-state index in [-0.39, 0.29) is 0 Å². The molecule has 0 saturated carbocycles. The van der Waals surface area contributed by atoms with Crippen LogP contribution >= 0.6 is 39.2 Å². The highest BCUT2D eigenvalue weighted by Crippen LogP contribution is 2.27. The van der Waals surface area contributed by atoms with E-state index < -0.39 is 0 Å². The second-order valence-electron chi connectivity index (χ2n) is 2.75. The molecule has 0 unspecified atom stereocenters. The first kappa shape index (κ1) is 11.0. The molecule has 0 aliphatic rings. The summed E-state index contributed by atoms with van der Waals surface area (Å²) < 4.78 is 6.15. The van der Waals surface area contributed by atoms with Crippen LogP contribution in [-0.2, 0) is 6.42 Å². The topological polar surface area (TPSA) is 38.7 Å². The molecular weight excluding hydrogens is 294 g/mol. The lowest BCUT2D eigenvalue weighted by Gasteiger charge is -1.95. The van der Waals surface area contributed by atoms with Gasteiger partial charge in [-0.1, -0.05) is 6.92 Å². The molecular formula is C9H8BrN3S2. The van der Waals surface area contributed by atoms with Crippen LogP contribution in [0.1, 0.15) is 12.7 Å². The maximum absolute atomic E-state index is 4.37. The van der Waals surface area contributed by atoms with Crippen molar-refractivity contribution in [1.82, 2.24) is 14.3 Å². The zero-order valence-electron chi connectivity index (χ0n) is 7.98. The maximum atomic E-state index is 4.37. The van der Waals surface area contributed by atoms with Crippen LogP contribution in [0.25, 0.3) is 0 Å². The Labute approximate surface area is 105 Å². The molecule has 6 heteroatoms. The van der Waals surface area contributed by atoms with E-state index in [0.29, 0.717) is 0 Å². The van der Waals surface area contributed by atoms with E-state index in [0.717, 1.165) is 26.1 Å². The standard InChI is InChI=1S/C9H8BrN3S2/c1-2-7-12-9(15-13-7)14-8-4-3-6(10)5-11-8/h3-5H,2H2,1H3. The minimum atomic E-state index is 0.880. The van der Waals surface area contributed by atoms with E-state index in [1.165, 1.54) is 11.5 Å². The lowest BCUT2D eigenvalue weighted by atomic mass is 10.5. The summed E-state index contributed by atoms with van der Waals surface area (Å²) >= 11 is 6.32. The Kier molecular flexibility index (Phi) is 3.71. The molecule has 0 aliphatic carbocycles. The van der Waals surface area contributed by atoms with E-state index in [9.17, 15) is 0 Å². The Bertz CT molecular complexity index is 441. The van der Waals surface area contributed by atoms with E-state index in [4.69, 9.17) is 0 Å². The fourth-order valence-corrected chi connectivity index (χ4v) is 2.76. The summed E-state index contributed by atoms with van der Waals surface area (Å²) in [4.78, 5) is 8.63. The van der Waals surface area contributed by atoms with Crippen LogP contribution in [0.5, 0.6) is 0 Å². The van der Waals surface area contributed by atoms with Crippen molar-refractivity contribution in [2.45, 2.75) is 22.7 Å². The fraction of sp³-hybridized carbons (Fsp3) is 0.222. The van der Waals surface area contributed by atoms with Gasteiger partial charge in [0.15, 0.2) is 4.34 Å². The summed E-state index contributed by atoms with van der Waals surface area (Å²) in [6.45, 7) is 2.05. The third kappa shape index (κ3) is 2.99. The predicted molar refractivity (Wildman–Crippen MR) is 65.3 cm³/mol. The molecule has 2 heterocycles. The second kappa shape index (κ2) is 5.05. The van der Waals surface area contributed by atoms with Crippen LogP contribution in [0.3, 0.4) is 0 Å². The quantitative estimate of drug-likeness (QED) is 0.871. The minimum absolute atomic E-state index is 0.880. The monoisotopic (exact) mass is 301 g/mol. The van der Waals surface area contributed by atoms with Crippen molar-refractivity contribution < 1.29 is 0 Å². The summed E-state index contributed by atoms with van der Waals surface area (Å²) in [6, 6.07) is 3.93. The molecule has 3 nitrogen and oxygen atoms in total. The number of pyridine rings is 1. The van der Waals surface area contributed by atoms with Crippen LogP contribution in [0.2, 0.25) is 0 Å². The molecule has 0 bridgehead atoms. The Morgan fingerprint density at radius 1 is 1.47 bits per heavy atom. The molecule has 15 heavy (non-hydrogen) atoms. The first-order valence-corrected chi connectivity index (χ1v) is 6.78. The van der Waals surface area contributed by atoms with Gasteiger partial charge >= 0.3 is 0 Å². The van der Waals surface area contributed by atoms with Crippen LogP contribution in [0, 0.1) is 0 Å². The maximum Gasteiger partial charge on any atom is 0.176 e. The van der Waals surface area contributed by atoms with Crippen molar-refractivity contribution in [3.63, 3.8) is 0 Å². The molecule has 0 saturated heterocycles. The minimum Gasteiger partial charge on any atom is -0.248 e. The lowest BCUT2D eigenvalue weighted by molar-refractivity contribution is 0.970. The van der Waals surface area contributed by atoms with Gasteiger partial charge in [0, 0.05) is 17.1 Å². The van der Waals surface area contributed by atoms with Gasteiger partial charge in [-0.2, -0.15) is 4.37 Å². The molecule has 0 N–H and O–H groups in total. The Hall–Kier alpha value is -0.460.